The second-order valence-electron chi connectivity index (χ2n) is 3.20. The van der Waals surface area contributed by atoms with Crippen LogP contribution < -0.4 is 5.32 Å². The fraction of sp³-hybridized carbons (Fsp3) is 0.100. The van der Waals surface area contributed by atoms with Crippen LogP contribution in [-0.4, -0.2) is 20.7 Å². The molecule has 0 aliphatic rings. The molecule has 0 radical (unpaired) electrons. The summed E-state index contributed by atoms with van der Waals surface area (Å²) >= 11 is 0. The zero-order valence-corrected chi connectivity index (χ0v) is 8.51. The van der Waals surface area contributed by atoms with Crippen LogP contribution in [0.5, 0.6) is 0 Å². The van der Waals surface area contributed by atoms with E-state index in [0.29, 0.717) is 5.82 Å². The molecule has 0 aliphatic heterocycles. The highest BCUT2D eigenvalue weighted by Gasteiger charge is 2.08. The number of hydrogen-bond donors (Lipinski definition) is 1. The van der Waals surface area contributed by atoms with Gasteiger partial charge in [-0.2, -0.15) is 9.49 Å². The molecule has 0 saturated heterocycles. The highest BCUT2D eigenvalue weighted by Crippen LogP contribution is 2.06. The molecule has 0 aliphatic carbocycles. The summed E-state index contributed by atoms with van der Waals surface area (Å²) < 4.78 is 14.3. The molecule has 82 valence electrons. The molecule has 0 bridgehead atoms. The minimum absolute atomic E-state index is 0.207. The van der Waals surface area contributed by atoms with Crippen molar-refractivity contribution in [1.82, 2.24) is 14.8 Å². The smallest absolute Gasteiger partial charge is 0.257 e. The number of nitrogens with zero attached hydrogens (tertiary/aromatic N) is 3. The van der Waals surface area contributed by atoms with Gasteiger partial charge in [-0.05, 0) is 6.07 Å². The number of halogens is 1. The molecular weight excluding hydrogens is 211 g/mol. The van der Waals surface area contributed by atoms with Crippen LogP contribution >= 0.6 is 0 Å². The van der Waals surface area contributed by atoms with E-state index in [2.05, 4.69) is 15.4 Å². The van der Waals surface area contributed by atoms with Crippen LogP contribution in [0.2, 0.25) is 0 Å². The van der Waals surface area contributed by atoms with Crippen LogP contribution in [0.1, 0.15) is 10.4 Å². The van der Waals surface area contributed by atoms with Gasteiger partial charge in [0.2, 0.25) is 5.95 Å². The molecule has 6 heteroatoms. The van der Waals surface area contributed by atoms with Gasteiger partial charge in [-0.15, -0.1) is 0 Å². The molecule has 0 atom stereocenters. The van der Waals surface area contributed by atoms with Crippen molar-refractivity contribution >= 4 is 11.7 Å². The minimum atomic E-state index is -0.686. The first-order valence-electron chi connectivity index (χ1n) is 4.58. The SMILES string of the molecule is Cn1ccc(NC(=O)c2ccnc(F)c2)n1. The van der Waals surface area contributed by atoms with Crippen molar-refractivity contribution in [1.29, 1.82) is 0 Å². The Morgan fingerprint density at radius 2 is 2.31 bits per heavy atom. The van der Waals surface area contributed by atoms with Gasteiger partial charge < -0.3 is 5.32 Å². The predicted molar refractivity (Wildman–Crippen MR) is 55.4 cm³/mol. The Kier molecular flexibility index (Phi) is 2.63. The highest BCUT2D eigenvalue weighted by atomic mass is 19.1. The Morgan fingerprint density at radius 3 is 2.94 bits per heavy atom. The molecule has 2 aromatic heterocycles. The highest BCUT2D eigenvalue weighted by molar-refractivity contribution is 6.03. The van der Waals surface area contributed by atoms with Crippen molar-refractivity contribution in [3.8, 4) is 0 Å². The molecule has 2 heterocycles. The summed E-state index contributed by atoms with van der Waals surface area (Å²) in [7, 11) is 1.74. The average Bonchev–Trinajstić information content (AvgIpc) is 2.64. The Labute approximate surface area is 90.9 Å². The number of nitrogens with one attached hydrogen (secondary N) is 1. The number of rotatable bonds is 2. The van der Waals surface area contributed by atoms with E-state index in [1.54, 1.807) is 24.0 Å². The number of aryl methyl sites for hydroxylation is 1. The summed E-state index contributed by atoms with van der Waals surface area (Å²) in [5, 5.41) is 6.51. The van der Waals surface area contributed by atoms with E-state index in [1.165, 1.54) is 12.3 Å². The maximum atomic E-state index is 12.8. The van der Waals surface area contributed by atoms with E-state index in [-0.39, 0.29) is 5.56 Å². The zero-order chi connectivity index (χ0) is 11.5. The quantitative estimate of drug-likeness (QED) is 0.774. The van der Waals surface area contributed by atoms with Crippen molar-refractivity contribution in [2.45, 2.75) is 0 Å². The maximum absolute atomic E-state index is 12.8. The lowest BCUT2D eigenvalue weighted by Gasteiger charge is -2.01. The molecule has 0 spiro atoms. The predicted octanol–water partition coefficient (Wildman–Crippen LogP) is 1.21. The van der Waals surface area contributed by atoms with E-state index >= 15 is 0 Å². The number of carbonyl (C=O) groups is 1. The molecule has 2 aromatic rings. The summed E-state index contributed by atoms with van der Waals surface area (Å²) in [5.74, 6) is -0.682. The number of hydrogen-bond acceptors (Lipinski definition) is 3. The standard InChI is InChI=1S/C10H9FN4O/c1-15-5-3-9(14-15)13-10(16)7-2-4-12-8(11)6-7/h2-6H,1H3,(H,13,14,16). The summed E-state index contributed by atoms with van der Waals surface area (Å²) in [4.78, 5) is 15.0. The Balaban J connectivity index is 2.14. The molecule has 5 nitrogen and oxygen atoms in total. The van der Waals surface area contributed by atoms with E-state index < -0.39 is 11.9 Å². The topological polar surface area (TPSA) is 59.8 Å². The molecule has 0 fully saturated rings. The molecule has 0 aromatic carbocycles. The molecular formula is C10H9FN4O. The first kappa shape index (κ1) is 10.3. The van der Waals surface area contributed by atoms with Crippen LogP contribution in [-0.2, 0) is 7.05 Å². The third-order valence-electron chi connectivity index (χ3n) is 1.94. The van der Waals surface area contributed by atoms with E-state index in [9.17, 15) is 9.18 Å². The second-order valence-corrected chi connectivity index (χ2v) is 3.20. The van der Waals surface area contributed by atoms with Crippen molar-refractivity contribution in [2.24, 2.45) is 7.05 Å². The maximum Gasteiger partial charge on any atom is 0.257 e. The number of amides is 1. The fourth-order valence-electron chi connectivity index (χ4n) is 1.21. The molecule has 0 unspecified atom stereocenters. The monoisotopic (exact) mass is 220 g/mol. The summed E-state index contributed by atoms with van der Waals surface area (Å²) in [6, 6.07) is 4.15. The van der Waals surface area contributed by atoms with Crippen LogP contribution in [0.3, 0.4) is 0 Å². The molecule has 1 amide bonds. The summed E-state index contributed by atoms with van der Waals surface area (Å²) in [6.45, 7) is 0. The fourth-order valence-corrected chi connectivity index (χ4v) is 1.21. The minimum Gasteiger partial charge on any atom is -0.305 e. The van der Waals surface area contributed by atoms with E-state index in [0.717, 1.165) is 6.07 Å². The lowest BCUT2D eigenvalue weighted by Crippen LogP contribution is -2.13. The zero-order valence-electron chi connectivity index (χ0n) is 8.51. The van der Waals surface area contributed by atoms with E-state index in [4.69, 9.17) is 0 Å². The van der Waals surface area contributed by atoms with Gasteiger partial charge in [-0.25, -0.2) is 4.98 Å². The third kappa shape index (κ3) is 2.22. The normalized spacial score (nSPS) is 10.1. The van der Waals surface area contributed by atoms with Gasteiger partial charge >= 0.3 is 0 Å². The second kappa shape index (κ2) is 4.09. The van der Waals surface area contributed by atoms with E-state index in [1.807, 2.05) is 0 Å². The first-order chi connectivity index (χ1) is 7.65. The Morgan fingerprint density at radius 1 is 1.50 bits per heavy atom. The van der Waals surface area contributed by atoms with Crippen LogP contribution in [0, 0.1) is 5.95 Å². The average molecular weight is 220 g/mol. The third-order valence-corrected chi connectivity index (χ3v) is 1.94. The first-order valence-corrected chi connectivity index (χ1v) is 4.58. The van der Waals surface area contributed by atoms with Gasteiger partial charge in [0, 0.05) is 37.1 Å². The Bertz CT molecular complexity index is 523. The van der Waals surface area contributed by atoms with Crippen LogP contribution in [0.15, 0.2) is 30.6 Å². The largest absolute Gasteiger partial charge is 0.305 e. The van der Waals surface area contributed by atoms with Gasteiger partial charge in [0.1, 0.15) is 0 Å². The molecule has 2 rings (SSSR count). The molecule has 0 saturated carbocycles. The van der Waals surface area contributed by atoms with Gasteiger partial charge in [0.05, 0.1) is 0 Å². The van der Waals surface area contributed by atoms with Gasteiger partial charge in [0.25, 0.3) is 5.91 Å². The lowest BCUT2D eigenvalue weighted by molar-refractivity contribution is 0.102. The van der Waals surface area contributed by atoms with Gasteiger partial charge in [-0.3, -0.25) is 9.48 Å². The number of pyridine rings is 1. The van der Waals surface area contributed by atoms with Crippen molar-refractivity contribution in [2.75, 3.05) is 5.32 Å². The van der Waals surface area contributed by atoms with Gasteiger partial charge in [-0.1, -0.05) is 0 Å². The van der Waals surface area contributed by atoms with Crippen molar-refractivity contribution < 1.29 is 9.18 Å². The van der Waals surface area contributed by atoms with Crippen molar-refractivity contribution in [3.05, 3.63) is 42.1 Å². The number of aromatic nitrogens is 3. The number of anilines is 1. The molecule has 16 heavy (non-hydrogen) atoms. The van der Waals surface area contributed by atoms with Crippen LogP contribution in [0.4, 0.5) is 10.2 Å². The van der Waals surface area contributed by atoms with Crippen molar-refractivity contribution in [3.63, 3.8) is 0 Å². The molecule has 1 N–H and O–H groups in total. The summed E-state index contributed by atoms with van der Waals surface area (Å²) in [5.41, 5.74) is 0.207. The van der Waals surface area contributed by atoms with Gasteiger partial charge in [0.15, 0.2) is 5.82 Å². The number of carbonyl (C=O) groups excluding carboxylic acids is 1. The van der Waals surface area contributed by atoms with Crippen LogP contribution in [0.25, 0.3) is 0 Å². The summed E-state index contributed by atoms with van der Waals surface area (Å²) in [6.07, 6.45) is 2.94. The lowest BCUT2D eigenvalue weighted by atomic mass is 10.2. The Hall–Kier alpha value is -2.24.